The number of esters is 1. The Bertz CT molecular complexity index is 604. The first-order valence-corrected chi connectivity index (χ1v) is 7.04. The van der Waals surface area contributed by atoms with Crippen LogP contribution in [0, 0.1) is 25.2 Å². The number of hydrogen-bond acceptors (Lipinski definition) is 4. The monoisotopic (exact) mass is 288 g/mol. The van der Waals surface area contributed by atoms with Crippen molar-refractivity contribution in [1.29, 1.82) is 5.26 Å². The Morgan fingerprint density at radius 2 is 2.19 bits per heavy atom. The van der Waals surface area contributed by atoms with Gasteiger partial charge in [0.05, 0.1) is 6.61 Å². The fourth-order valence-corrected chi connectivity index (χ4v) is 2.43. The van der Waals surface area contributed by atoms with Gasteiger partial charge in [0.25, 0.3) is 0 Å². The Kier molecular flexibility index (Phi) is 4.81. The third-order valence-corrected chi connectivity index (χ3v) is 3.60. The minimum Gasteiger partial charge on any atom is -0.459 e. The molecule has 5 heteroatoms. The van der Waals surface area contributed by atoms with Crippen molar-refractivity contribution < 1.29 is 14.3 Å². The van der Waals surface area contributed by atoms with Crippen molar-refractivity contribution >= 4 is 12.0 Å². The number of aromatic nitrogens is 1. The highest BCUT2D eigenvalue weighted by atomic mass is 16.6. The van der Waals surface area contributed by atoms with Crippen molar-refractivity contribution in [2.24, 2.45) is 0 Å². The van der Waals surface area contributed by atoms with Crippen molar-refractivity contribution in [2.75, 3.05) is 20.3 Å². The predicted octanol–water partition coefficient (Wildman–Crippen LogP) is 2.54. The lowest BCUT2D eigenvalue weighted by molar-refractivity contribution is -0.139. The number of rotatable bonds is 6. The van der Waals surface area contributed by atoms with Crippen LogP contribution < -0.4 is 0 Å². The van der Waals surface area contributed by atoms with E-state index in [2.05, 4.69) is 4.57 Å². The van der Waals surface area contributed by atoms with Crippen molar-refractivity contribution in [1.82, 2.24) is 4.57 Å². The van der Waals surface area contributed by atoms with Gasteiger partial charge in [-0.3, -0.25) is 0 Å². The molecule has 0 aliphatic heterocycles. The molecular weight excluding hydrogens is 268 g/mol. The van der Waals surface area contributed by atoms with Crippen LogP contribution in [0.3, 0.4) is 0 Å². The number of carbonyl (C=O) groups is 1. The molecule has 1 fully saturated rings. The Labute approximate surface area is 124 Å². The van der Waals surface area contributed by atoms with Gasteiger partial charge in [-0.25, -0.2) is 4.79 Å². The van der Waals surface area contributed by atoms with Gasteiger partial charge in [0, 0.05) is 24.5 Å². The molecule has 112 valence electrons. The van der Waals surface area contributed by atoms with Crippen LogP contribution in [-0.4, -0.2) is 30.9 Å². The van der Waals surface area contributed by atoms with Crippen molar-refractivity contribution in [2.45, 2.75) is 32.7 Å². The molecule has 0 saturated heterocycles. The molecular formula is C16H20N2O3. The van der Waals surface area contributed by atoms with Gasteiger partial charge in [0.1, 0.15) is 18.2 Å². The maximum atomic E-state index is 11.8. The van der Waals surface area contributed by atoms with Crippen LogP contribution in [0.5, 0.6) is 0 Å². The largest absolute Gasteiger partial charge is 0.459 e. The molecule has 5 nitrogen and oxygen atoms in total. The highest BCUT2D eigenvalue weighted by Crippen LogP contribution is 2.38. The van der Waals surface area contributed by atoms with Gasteiger partial charge < -0.3 is 14.0 Å². The molecule has 0 spiro atoms. The van der Waals surface area contributed by atoms with Gasteiger partial charge in [0.2, 0.25) is 0 Å². The first-order chi connectivity index (χ1) is 10.1. The second-order valence-corrected chi connectivity index (χ2v) is 5.23. The van der Waals surface area contributed by atoms with E-state index in [9.17, 15) is 4.79 Å². The minimum absolute atomic E-state index is 0.0159. The molecule has 21 heavy (non-hydrogen) atoms. The topological polar surface area (TPSA) is 64.2 Å². The molecule has 2 rings (SSSR count). The maximum Gasteiger partial charge on any atom is 0.348 e. The average molecular weight is 288 g/mol. The predicted molar refractivity (Wildman–Crippen MR) is 78.6 cm³/mol. The summed E-state index contributed by atoms with van der Waals surface area (Å²) in [4.78, 5) is 11.8. The van der Waals surface area contributed by atoms with E-state index in [1.54, 1.807) is 6.08 Å². The summed E-state index contributed by atoms with van der Waals surface area (Å²) in [7, 11) is 1.53. The van der Waals surface area contributed by atoms with Crippen molar-refractivity contribution in [3.8, 4) is 6.07 Å². The van der Waals surface area contributed by atoms with E-state index in [4.69, 9.17) is 14.7 Å². The Morgan fingerprint density at radius 3 is 2.76 bits per heavy atom. The summed E-state index contributed by atoms with van der Waals surface area (Å²) in [6.45, 7) is 4.53. The van der Waals surface area contributed by atoms with Crippen molar-refractivity contribution in [3.05, 3.63) is 28.6 Å². The van der Waals surface area contributed by atoms with E-state index in [1.165, 1.54) is 20.0 Å². The molecule has 0 atom stereocenters. The van der Waals surface area contributed by atoms with Gasteiger partial charge in [-0.2, -0.15) is 5.26 Å². The number of nitrogens with zero attached hydrogens (tertiary/aromatic N) is 2. The molecule has 0 bridgehead atoms. The summed E-state index contributed by atoms with van der Waals surface area (Å²) in [6.07, 6.45) is 4.00. The number of ether oxygens (including phenoxy) is 2. The second kappa shape index (κ2) is 6.59. The first-order valence-electron chi connectivity index (χ1n) is 7.04. The quantitative estimate of drug-likeness (QED) is 0.349. The lowest BCUT2D eigenvalue weighted by Gasteiger charge is -2.07. The van der Waals surface area contributed by atoms with Crippen LogP contribution in [-0.2, 0) is 14.3 Å². The number of methoxy groups -OCH3 is 1. The Balaban J connectivity index is 2.18. The molecule has 0 radical (unpaired) electrons. The fourth-order valence-electron chi connectivity index (χ4n) is 2.43. The summed E-state index contributed by atoms with van der Waals surface area (Å²) < 4.78 is 12.1. The molecule has 0 unspecified atom stereocenters. The first kappa shape index (κ1) is 15.3. The van der Waals surface area contributed by atoms with Crippen LogP contribution in [0.25, 0.3) is 6.08 Å². The molecule has 1 aromatic heterocycles. The number of carbonyl (C=O) groups excluding carboxylic acids is 1. The van der Waals surface area contributed by atoms with E-state index in [1.807, 2.05) is 26.0 Å². The molecule has 1 aliphatic carbocycles. The SMILES string of the molecule is COCCOC(=O)/C(C#N)=C/c1cc(C)n(C2CC2)c1C. The third-order valence-electron chi connectivity index (χ3n) is 3.60. The summed E-state index contributed by atoms with van der Waals surface area (Å²) in [5.41, 5.74) is 3.17. The van der Waals surface area contributed by atoms with Gasteiger partial charge >= 0.3 is 5.97 Å². The second-order valence-electron chi connectivity index (χ2n) is 5.23. The lowest BCUT2D eigenvalue weighted by atomic mass is 10.1. The zero-order valence-electron chi connectivity index (χ0n) is 12.7. The molecule has 1 heterocycles. The zero-order valence-corrected chi connectivity index (χ0v) is 12.7. The van der Waals surface area contributed by atoms with Crippen LogP contribution in [0.15, 0.2) is 11.6 Å². The normalized spacial score (nSPS) is 14.9. The Morgan fingerprint density at radius 1 is 1.48 bits per heavy atom. The van der Waals surface area contributed by atoms with Crippen molar-refractivity contribution in [3.63, 3.8) is 0 Å². The summed E-state index contributed by atoms with van der Waals surface area (Å²) >= 11 is 0. The molecule has 1 saturated carbocycles. The van der Waals surface area contributed by atoms with Gasteiger partial charge in [0.15, 0.2) is 0 Å². The smallest absolute Gasteiger partial charge is 0.348 e. The molecule has 0 aromatic carbocycles. The third kappa shape index (κ3) is 3.53. The number of aryl methyl sites for hydroxylation is 1. The fraction of sp³-hybridized carbons (Fsp3) is 0.500. The van der Waals surface area contributed by atoms with E-state index in [0.717, 1.165) is 17.0 Å². The summed E-state index contributed by atoms with van der Waals surface area (Å²) in [5, 5.41) is 9.15. The standard InChI is InChI=1S/C16H20N2O3/c1-11-8-13(12(2)18(11)15-4-5-15)9-14(10-17)16(19)21-7-6-20-3/h8-9,15H,4-7H2,1-3H3/b14-9+. The van der Waals surface area contributed by atoms with Crippen LogP contribution in [0.1, 0.15) is 35.8 Å². The summed E-state index contributed by atoms with van der Waals surface area (Å²) in [6, 6.07) is 4.50. The minimum atomic E-state index is -0.606. The van der Waals surface area contributed by atoms with E-state index in [-0.39, 0.29) is 12.2 Å². The molecule has 0 amide bonds. The number of nitriles is 1. The Hall–Kier alpha value is -2.06. The van der Waals surface area contributed by atoms with Crippen LogP contribution >= 0.6 is 0 Å². The lowest BCUT2D eigenvalue weighted by Crippen LogP contribution is -2.11. The summed E-state index contributed by atoms with van der Waals surface area (Å²) in [5.74, 6) is -0.606. The van der Waals surface area contributed by atoms with Crippen LogP contribution in [0.4, 0.5) is 0 Å². The van der Waals surface area contributed by atoms with Gasteiger partial charge in [-0.05, 0) is 44.4 Å². The van der Waals surface area contributed by atoms with Gasteiger partial charge in [-0.15, -0.1) is 0 Å². The van der Waals surface area contributed by atoms with E-state index >= 15 is 0 Å². The maximum absolute atomic E-state index is 11.8. The molecule has 1 aliphatic rings. The zero-order chi connectivity index (χ0) is 15.4. The highest BCUT2D eigenvalue weighted by molar-refractivity contribution is 5.98. The van der Waals surface area contributed by atoms with E-state index in [0.29, 0.717) is 12.6 Å². The van der Waals surface area contributed by atoms with Gasteiger partial charge in [-0.1, -0.05) is 0 Å². The highest BCUT2D eigenvalue weighted by Gasteiger charge is 2.26. The average Bonchev–Trinajstić information content (AvgIpc) is 3.24. The molecule has 0 N–H and O–H groups in total. The number of hydrogen-bond donors (Lipinski definition) is 0. The van der Waals surface area contributed by atoms with Crippen LogP contribution in [0.2, 0.25) is 0 Å². The molecule has 1 aromatic rings. The van der Waals surface area contributed by atoms with E-state index < -0.39 is 5.97 Å².